The van der Waals surface area contributed by atoms with E-state index in [0.717, 1.165) is 6.42 Å². The number of furan rings is 1. The lowest BCUT2D eigenvalue weighted by Crippen LogP contribution is -2.48. The maximum Gasteiger partial charge on any atom is 0.270 e. The highest BCUT2D eigenvalue weighted by Gasteiger charge is 2.26. The molecule has 0 radical (unpaired) electrons. The Morgan fingerprint density at radius 1 is 1.26 bits per heavy atom. The summed E-state index contributed by atoms with van der Waals surface area (Å²) in [6, 6.07) is 7.40. The van der Waals surface area contributed by atoms with Gasteiger partial charge in [-0.05, 0) is 43.0 Å². The minimum Gasteiger partial charge on any atom is -0.462 e. The number of fused-ring (bicyclic) bond motifs is 1. The molecule has 0 aliphatic carbocycles. The van der Waals surface area contributed by atoms with Crippen molar-refractivity contribution in [1.82, 2.24) is 10.3 Å². The number of benzene rings is 1. The number of aliphatic hydroxyl groups is 1. The van der Waals surface area contributed by atoms with Gasteiger partial charge >= 0.3 is 0 Å². The van der Waals surface area contributed by atoms with Crippen LogP contribution in [0, 0.1) is 5.82 Å². The Morgan fingerprint density at radius 2 is 2.11 bits per heavy atom. The van der Waals surface area contributed by atoms with Gasteiger partial charge in [-0.15, -0.1) is 0 Å². The quantitative estimate of drug-likeness (QED) is 0.335. The number of nitrogens with zero attached hydrogens (tertiary/aromatic N) is 1. The van der Waals surface area contributed by atoms with Gasteiger partial charge in [0.2, 0.25) is 0 Å². The van der Waals surface area contributed by atoms with E-state index in [0.29, 0.717) is 48.3 Å². The lowest BCUT2D eigenvalue weighted by atomic mass is 9.99. The molecule has 35 heavy (non-hydrogen) atoms. The van der Waals surface area contributed by atoms with Crippen LogP contribution < -0.4 is 5.32 Å². The molecule has 1 fully saturated rings. The van der Waals surface area contributed by atoms with E-state index in [-0.39, 0.29) is 36.5 Å². The Kier molecular flexibility index (Phi) is 8.22. The zero-order valence-corrected chi connectivity index (χ0v) is 19.6. The number of amides is 1. The number of ketones is 1. The first-order chi connectivity index (χ1) is 17.0. The maximum absolute atomic E-state index is 14.8. The van der Waals surface area contributed by atoms with Gasteiger partial charge in [0, 0.05) is 44.8 Å². The van der Waals surface area contributed by atoms with Crippen LogP contribution >= 0.6 is 0 Å². The minimum atomic E-state index is -0.783. The number of pyridine rings is 1. The number of Topliss-reactive ketones (excluding diaryl/α,β-unsaturated/α-hetero) is 1. The summed E-state index contributed by atoms with van der Waals surface area (Å²) in [6.45, 7) is 1.19. The van der Waals surface area contributed by atoms with E-state index in [9.17, 15) is 19.1 Å². The minimum absolute atomic E-state index is 0.0686. The zero-order chi connectivity index (χ0) is 24.8. The maximum atomic E-state index is 14.8. The number of carbonyl (C=O) groups is 2. The van der Waals surface area contributed by atoms with Crippen molar-refractivity contribution in [2.24, 2.45) is 0 Å². The van der Waals surface area contributed by atoms with Crippen LogP contribution in [0.5, 0.6) is 0 Å². The molecule has 0 bridgehead atoms. The fourth-order valence-electron chi connectivity index (χ4n) is 4.19. The monoisotopic (exact) mass is 484 g/mol. The predicted molar refractivity (Wildman–Crippen MR) is 126 cm³/mol. The molecule has 8 nitrogen and oxygen atoms in total. The Hall–Kier alpha value is -3.14. The molecule has 4 rings (SSSR count). The molecule has 1 saturated heterocycles. The van der Waals surface area contributed by atoms with Crippen molar-refractivity contribution >= 4 is 22.8 Å². The highest BCUT2D eigenvalue weighted by Crippen LogP contribution is 2.24. The second kappa shape index (κ2) is 11.5. The summed E-state index contributed by atoms with van der Waals surface area (Å²) < 4.78 is 30.5. The van der Waals surface area contributed by atoms with Gasteiger partial charge in [-0.2, -0.15) is 0 Å². The van der Waals surface area contributed by atoms with Crippen molar-refractivity contribution in [1.29, 1.82) is 0 Å². The molecule has 1 aliphatic rings. The van der Waals surface area contributed by atoms with Crippen molar-refractivity contribution in [3.63, 3.8) is 0 Å². The number of unbranched alkanes of at least 4 members (excludes halogenated alkanes) is 1. The zero-order valence-electron chi connectivity index (χ0n) is 19.6. The Labute approximate surface area is 202 Å². The first-order valence-electron chi connectivity index (χ1n) is 11.7. The van der Waals surface area contributed by atoms with Crippen LogP contribution in [-0.2, 0) is 15.9 Å². The molecule has 3 aromatic rings. The van der Waals surface area contributed by atoms with Crippen LogP contribution in [0.2, 0.25) is 0 Å². The molecule has 1 aliphatic heterocycles. The Balaban J connectivity index is 1.51. The van der Waals surface area contributed by atoms with Crippen LogP contribution in [0.3, 0.4) is 0 Å². The van der Waals surface area contributed by atoms with Gasteiger partial charge < -0.3 is 24.3 Å². The smallest absolute Gasteiger partial charge is 0.270 e. The first kappa shape index (κ1) is 25.0. The molecule has 2 atom stereocenters. The molecule has 0 spiro atoms. The number of ether oxygens (including phenoxy) is 2. The third-order valence-corrected chi connectivity index (χ3v) is 6.09. The van der Waals surface area contributed by atoms with E-state index in [1.807, 2.05) is 0 Å². The number of nitrogens with one attached hydrogen (secondary N) is 1. The molecule has 2 aromatic heterocycles. The largest absolute Gasteiger partial charge is 0.462 e. The Morgan fingerprint density at radius 3 is 2.89 bits per heavy atom. The molecule has 2 N–H and O–H groups in total. The van der Waals surface area contributed by atoms with Gasteiger partial charge in [-0.3, -0.25) is 9.59 Å². The van der Waals surface area contributed by atoms with E-state index in [2.05, 4.69) is 10.3 Å². The van der Waals surface area contributed by atoms with E-state index >= 15 is 0 Å². The highest BCUT2D eigenvalue weighted by atomic mass is 19.1. The van der Waals surface area contributed by atoms with E-state index in [4.69, 9.17) is 13.9 Å². The van der Waals surface area contributed by atoms with Gasteiger partial charge in [0.15, 0.2) is 11.4 Å². The van der Waals surface area contributed by atoms with Gasteiger partial charge in [-0.25, -0.2) is 9.37 Å². The summed E-state index contributed by atoms with van der Waals surface area (Å²) in [5.41, 5.74) is 2.55. The lowest BCUT2D eigenvalue weighted by Gasteiger charge is -2.28. The number of halogens is 1. The van der Waals surface area contributed by atoms with Crippen LogP contribution in [0.1, 0.15) is 57.7 Å². The van der Waals surface area contributed by atoms with Gasteiger partial charge in [0.05, 0.1) is 30.6 Å². The van der Waals surface area contributed by atoms with E-state index in [1.165, 1.54) is 18.4 Å². The normalized spacial score (nSPS) is 18.0. The van der Waals surface area contributed by atoms with Crippen molar-refractivity contribution in [2.75, 3.05) is 26.9 Å². The van der Waals surface area contributed by atoms with Crippen molar-refractivity contribution in [3.8, 4) is 0 Å². The van der Waals surface area contributed by atoms with Gasteiger partial charge in [-0.1, -0.05) is 6.07 Å². The molecule has 9 heteroatoms. The second-order valence-electron chi connectivity index (χ2n) is 8.68. The molecule has 1 amide bonds. The topological polar surface area (TPSA) is 111 Å². The fourth-order valence-corrected chi connectivity index (χ4v) is 4.19. The number of hydrogen-bond acceptors (Lipinski definition) is 7. The molecule has 1 aromatic carbocycles. The van der Waals surface area contributed by atoms with Crippen molar-refractivity contribution in [2.45, 2.75) is 44.2 Å². The van der Waals surface area contributed by atoms with Crippen LogP contribution in [0.25, 0.3) is 11.1 Å². The number of carbonyl (C=O) groups excluding carboxylic acids is 2. The molecule has 186 valence electrons. The van der Waals surface area contributed by atoms with Gasteiger partial charge in [0.25, 0.3) is 5.91 Å². The van der Waals surface area contributed by atoms with Crippen molar-refractivity contribution < 1.29 is 33.0 Å². The average molecular weight is 485 g/mol. The van der Waals surface area contributed by atoms with E-state index < -0.39 is 23.9 Å². The van der Waals surface area contributed by atoms with E-state index in [1.54, 1.807) is 25.3 Å². The van der Waals surface area contributed by atoms with Crippen LogP contribution in [0.15, 0.2) is 41.0 Å². The molecular weight excluding hydrogens is 455 g/mol. The molecule has 3 heterocycles. The molecule has 0 saturated carbocycles. The SMILES string of the molecule is COCCCCC(=O)c1ccc(Cc2cc(C(=O)N[C@H]3CCOC[C@@H]3O)nc3ccoc23)cc1F. The van der Waals surface area contributed by atoms with Crippen LogP contribution in [0.4, 0.5) is 4.39 Å². The first-order valence-corrected chi connectivity index (χ1v) is 11.7. The van der Waals surface area contributed by atoms with Gasteiger partial charge in [0.1, 0.15) is 17.0 Å². The summed E-state index contributed by atoms with van der Waals surface area (Å²) in [5.74, 6) is -1.23. The fraction of sp³-hybridized carbons (Fsp3) is 0.423. The Bertz CT molecular complexity index is 1190. The average Bonchev–Trinajstić information content (AvgIpc) is 3.32. The third kappa shape index (κ3) is 6.11. The summed E-state index contributed by atoms with van der Waals surface area (Å²) in [7, 11) is 1.60. The summed E-state index contributed by atoms with van der Waals surface area (Å²) in [6.07, 6.45) is 3.13. The molecular formula is C26H29FN2O6. The second-order valence-corrected chi connectivity index (χ2v) is 8.68. The number of aliphatic hydroxyl groups excluding tert-OH is 1. The lowest BCUT2D eigenvalue weighted by molar-refractivity contribution is -0.0261. The van der Waals surface area contributed by atoms with Crippen LogP contribution in [-0.4, -0.2) is 60.9 Å². The van der Waals surface area contributed by atoms with Crippen molar-refractivity contribution in [3.05, 3.63) is 64.8 Å². The summed E-state index contributed by atoms with van der Waals surface area (Å²) in [5, 5.41) is 12.9. The number of rotatable bonds is 10. The number of aromatic nitrogens is 1. The molecule has 0 unspecified atom stereocenters. The summed E-state index contributed by atoms with van der Waals surface area (Å²) in [4.78, 5) is 29.6. The number of hydrogen-bond donors (Lipinski definition) is 2. The third-order valence-electron chi connectivity index (χ3n) is 6.09. The summed E-state index contributed by atoms with van der Waals surface area (Å²) >= 11 is 0. The highest BCUT2D eigenvalue weighted by molar-refractivity contribution is 5.96. The standard InChI is InChI=1S/C26H29FN2O6/c1-33-9-3-2-4-23(30)18-6-5-16(13-19(18)27)12-17-14-22(28-21-8-11-35-25(17)21)26(32)29-20-7-10-34-15-24(20)31/h5-6,8,11,13-14,20,24,31H,2-4,7,9-10,12,15H2,1H3,(H,29,32)/t20-,24-/m0/s1. The predicted octanol–water partition coefficient (Wildman–Crippen LogP) is 3.44. The number of methoxy groups -OCH3 is 1.